The molecule has 0 saturated carbocycles. The zero-order valence-corrected chi connectivity index (χ0v) is 13.0. The lowest BCUT2D eigenvalue weighted by Crippen LogP contribution is -2.24. The van der Waals surface area contributed by atoms with Crippen molar-refractivity contribution in [2.45, 2.75) is 6.54 Å². The lowest BCUT2D eigenvalue weighted by Gasteiger charge is -2.15. The highest BCUT2D eigenvalue weighted by Crippen LogP contribution is 2.17. The largest absolute Gasteiger partial charge is 0.338 e. The van der Waals surface area contributed by atoms with Crippen molar-refractivity contribution >= 4 is 22.9 Å². The predicted octanol–water partition coefficient (Wildman–Crippen LogP) is 3.91. The zero-order chi connectivity index (χ0) is 16.1. The lowest BCUT2D eigenvalue weighted by atomic mass is 10.1. The van der Waals surface area contributed by atoms with Crippen LogP contribution in [0.25, 0.3) is 17.0 Å². The summed E-state index contributed by atoms with van der Waals surface area (Å²) >= 11 is 0. The molecule has 0 atom stereocenters. The fourth-order valence-electron chi connectivity index (χ4n) is 2.49. The Morgan fingerprint density at radius 1 is 1.04 bits per heavy atom. The van der Waals surface area contributed by atoms with Crippen molar-refractivity contribution in [3.05, 3.63) is 84.1 Å². The minimum absolute atomic E-state index is 0.0261. The van der Waals surface area contributed by atoms with E-state index in [4.69, 9.17) is 0 Å². The van der Waals surface area contributed by atoms with Crippen LogP contribution in [0.2, 0.25) is 0 Å². The van der Waals surface area contributed by atoms with Gasteiger partial charge in [0.05, 0.1) is 5.52 Å². The molecule has 1 aromatic heterocycles. The molecule has 2 aromatic carbocycles. The van der Waals surface area contributed by atoms with Crippen molar-refractivity contribution < 1.29 is 4.79 Å². The van der Waals surface area contributed by atoms with Crippen molar-refractivity contribution in [1.82, 2.24) is 9.88 Å². The first-order valence-corrected chi connectivity index (χ1v) is 7.55. The molecule has 0 fully saturated rings. The van der Waals surface area contributed by atoms with E-state index in [1.165, 1.54) is 0 Å². The summed E-state index contributed by atoms with van der Waals surface area (Å²) in [4.78, 5) is 18.4. The van der Waals surface area contributed by atoms with Crippen molar-refractivity contribution in [3.63, 3.8) is 0 Å². The van der Waals surface area contributed by atoms with Gasteiger partial charge in [0, 0.05) is 36.8 Å². The van der Waals surface area contributed by atoms with Crippen LogP contribution in [0.3, 0.4) is 0 Å². The van der Waals surface area contributed by atoms with Crippen molar-refractivity contribution in [2.75, 3.05) is 7.05 Å². The van der Waals surface area contributed by atoms with Crippen molar-refractivity contribution in [2.24, 2.45) is 0 Å². The number of aromatic nitrogens is 1. The Hall–Kier alpha value is -2.94. The third-order valence-corrected chi connectivity index (χ3v) is 3.71. The Labute approximate surface area is 135 Å². The second-order valence-corrected chi connectivity index (χ2v) is 5.44. The molecule has 3 rings (SSSR count). The highest BCUT2D eigenvalue weighted by atomic mass is 16.2. The molecular weight excluding hydrogens is 284 g/mol. The van der Waals surface area contributed by atoms with Gasteiger partial charge in [-0.3, -0.25) is 9.78 Å². The van der Waals surface area contributed by atoms with Gasteiger partial charge in [0.25, 0.3) is 0 Å². The molecule has 0 N–H and O–H groups in total. The first-order chi connectivity index (χ1) is 11.2. The molecule has 3 nitrogen and oxygen atoms in total. The Morgan fingerprint density at radius 3 is 2.65 bits per heavy atom. The van der Waals surface area contributed by atoms with E-state index in [-0.39, 0.29) is 5.91 Å². The number of hydrogen-bond acceptors (Lipinski definition) is 2. The number of rotatable bonds is 4. The topological polar surface area (TPSA) is 33.2 Å². The van der Waals surface area contributed by atoms with E-state index in [9.17, 15) is 4.79 Å². The summed E-state index contributed by atoms with van der Waals surface area (Å²) in [5.41, 5.74) is 2.97. The summed E-state index contributed by atoms with van der Waals surface area (Å²) < 4.78 is 0. The molecule has 0 spiro atoms. The second-order valence-electron chi connectivity index (χ2n) is 5.44. The van der Waals surface area contributed by atoms with E-state index in [1.54, 1.807) is 24.2 Å². The first-order valence-electron chi connectivity index (χ1n) is 7.55. The minimum atomic E-state index is -0.0261. The van der Waals surface area contributed by atoms with Gasteiger partial charge in [-0.25, -0.2) is 0 Å². The standard InChI is InChI=1S/C20H18N2O/c1-22(15-16-7-3-2-4-8-16)19(23)13-12-18-10-5-9-17-11-6-14-21-20(17)18/h2-14H,15H2,1H3. The van der Waals surface area contributed by atoms with Gasteiger partial charge >= 0.3 is 0 Å². The molecule has 114 valence electrons. The van der Waals surface area contributed by atoms with E-state index in [1.807, 2.05) is 66.7 Å². The number of likely N-dealkylation sites (N-methyl/N-ethyl adjacent to an activating group) is 1. The third kappa shape index (κ3) is 3.64. The molecule has 0 aliphatic carbocycles. The third-order valence-electron chi connectivity index (χ3n) is 3.71. The SMILES string of the molecule is CN(Cc1ccccc1)C(=O)C=Cc1cccc2cccnc12. The van der Waals surface area contributed by atoms with E-state index < -0.39 is 0 Å². The van der Waals surface area contributed by atoms with Crippen LogP contribution in [-0.4, -0.2) is 22.8 Å². The maximum absolute atomic E-state index is 12.3. The molecule has 3 heteroatoms. The summed E-state index contributed by atoms with van der Waals surface area (Å²) in [5.74, 6) is -0.0261. The Bertz CT molecular complexity index is 835. The van der Waals surface area contributed by atoms with Crippen LogP contribution in [0, 0.1) is 0 Å². The maximum Gasteiger partial charge on any atom is 0.246 e. The average Bonchev–Trinajstić information content (AvgIpc) is 2.60. The van der Waals surface area contributed by atoms with Crippen LogP contribution < -0.4 is 0 Å². The Kier molecular flexibility index (Phi) is 4.48. The van der Waals surface area contributed by atoms with Gasteiger partial charge in [0.2, 0.25) is 5.91 Å². The summed E-state index contributed by atoms with van der Waals surface area (Å²) in [6, 6.07) is 19.8. The fraction of sp³-hybridized carbons (Fsp3) is 0.100. The number of carbonyl (C=O) groups is 1. The van der Waals surface area contributed by atoms with Gasteiger partial charge < -0.3 is 4.90 Å². The summed E-state index contributed by atoms with van der Waals surface area (Å²) in [5, 5.41) is 1.07. The van der Waals surface area contributed by atoms with Gasteiger partial charge in [0.15, 0.2) is 0 Å². The maximum atomic E-state index is 12.3. The fourth-order valence-corrected chi connectivity index (χ4v) is 2.49. The first kappa shape index (κ1) is 15.0. The van der Waals surface area contributed by atoms with Gasteiger partial charge in [-0.15, -0.1) is 0 Å². The molecule has 0 saturated heterocycles. The number of carbonyl (C=O) groups excluding carboxylic acids is 1. The van der Waals surface area contributed by atoms with Gasteiger partial charge in [-0.05, 0) is 17.7 Å². The summed E-state index contributed by atoms with van der Waals surface area (Å²) in [6.45, 7) is 0.595. The molecule has 23 heavy (non-hydrogen) atoms. The van der Waals surface area contributed by atoms with Crippen LogP contribution in [0.5, 0.6) is 0 Å². The Balaban J connectivity index is 1.75. The minimum Gasteiger partial charge on any atom is -0.338 e. The quantitative estimate of drug-likeness (QED) is 0.685. The Morgan fingerprint density at radius 2 is 1.83 bits per heavy atom. The van der Waals surface area contributed by atoms with Crippen molar-refractivity contribution in [1.29, 1.82) is 0 Å². The number of hydrogen-bond donors (Lipinski definition) is 0. The van der Waals surface area contributed by atoms with E-state index >= 15 is 0 Å². The number of fused-ring (bicyclic) bond motifs is 1. The average molecular weight is 302 g/mol. The molecule has 0 bridgehead atoms. The molecule has 0 aliphatic heterocycles. The smallest absolute Gasteiger partial charge is 0.246 e. The summed E-state index contributed by atoms with van der Waals surface area (Å²) in [7, 11) is 1.81. The molecule has 1 amide bonds. The van der Waals surface area contributed by atoms with Crippen LogP contribution in [0.4, 0.5) is 0 Å². The molecule has 0 radical (unpaired) electrons. The summed E-state index contributed by atoms with van der Waals surface area (Å²) in [6.07, 6.45) is 5.20. The number of pyridine rings is 1. The number of benzene rings is 2. The molecule has 1 heterocycles. The van der Waals surface area contributed by atoms with E-state index in [0.29, 0.717) is 6.54 Å². The number of para-hydroxylation sites is 1. The normalized spacial score (nSPS) is 11.0. The number of nitrogens with zero attached hydrogens (tertiary/aromatic N) is 2. The van der Waals surface area contributed by atoms with E-state index in [2.05, 4.69) is 4.98 Å². The molecule has 3 aromatic rings. The van der Waals surface area contributed by atoms with Crippen molar-refractivity contribution in [3.8, 4) is 0 Å². The van der Waals surface area contributed by atoms with Gasteiger partial charge in [0.1, 0.15) is 0 Å². The lowest BCUT2D eigenvalue weighted by molar-refractivity contribution is -0.125. The molecular formula is C20H18N2O. The highest BCUT2D eigenvalue weighted by molar-refractivity contribution is 5.95. The molecule has 0 unspecified atom stereocenters. The predicted molar refractivity (Wildman–Crippen MR) is 93.7 cm³/mol. The zero-order valence-electron chi connectivity index (χ0n) is 13.0. The highest BCUT2D eigenvalue weighted by Gasteiger charge is 2.06. The molecule has 0 aliphatic rings. The van der Waals surface area contributed by atoms with Gasteiger partial charge in [-0.2, -0.15) is 0 Å². The monoisotopic (exact) mass is 302 g/mol. The van der Waals surface area contributed by atoms with E-state index in [0.717, 1.165) is 22.0 Å². The number of amides is 1. The second kappa shape index (κ2) is 6.88. The van der Waals surface area contributed by atoms with Crippen LogP contribution >= 0.6 is 0 Å². The van der Waals surface area contributed by atoms with Crippen LogP contribution in [0.15, 0.2) is 72.9 Å². The van der Waals surface area contributed by atoms with Gasteiger partial charge in [-0.1, -0.05) is 54.6 Å². The van der Waals surface area contributed by atoms with Crippen LogP contribution in [-0.2, 0) is 11.3 Å². The van der Waals surface area contributed by atoms with Crippen LogP contribution in [0.1, 0.15) is 11.1 Å².